The fourth-order valence-electron chi connectivity index (χ4n) is 2.43. The predicted octanol–water partition coefficient (Wildman–Crippen LogP) is 1.32. The number of piperidine rings is 1. The van der Waals surface area contributed by atoms with Gasteiger partial charge in [0.15, 0.2) is 0 Å². The molecule has 1 unspecified atom stereocenters. The number of aryl methyl sites for hydroxylation is 1. The van der Waals surface area contributed by atoms with Crippen LogP contribution >= 0.6 is 0 Å². The molecule has 1 aromatic rings. The molecule has 94 valence electrons. The van der Waals surface area contributed by atoms with Crippen LogP contribution in [0, 0.1) is 6.92 Å². The summed E-state index contributed by atoms with van der Waals surface area (Å²) in [7, 11) is 1.90. The van der Waals surface area contributed by atoms with Crippen LogP contribution in [0.4, 0.5) is 0 Å². The van der Waals surface area contributed by atoms with Gasteiger partial charge in [-0.15, -0.1) is 0 Å². The van der Waals surface area contributed by atoms with Crippen molar-refractivity contribution in [1.82, 2.24) is 9.47 Å². The molecule has 1 amide bonds. The van der Waals surface area contributed by atoms with Gasteiger partial charge in [-0.1, -0.05) is 0 Å². The van der Waals surface area contributed by atoms with Crippen LogP contribution in [0.5, 0.6) is 0 Å². The van der Waals surface area contributed by atoms with Crippen LogP contribution in [0.3, 0.4) is 0 Å². The summed E-state index contributed by atoms with van der Waals surface area (Å²) >= 11 is 0. The molecule has 0 saturated carbocycles. The van der Waals surface area contributed by atoms with Gasteiger partial charge >= 0.3 is 0 Å². The van der Waals surface area contributed by atoms with Crippen LogP contribution in [0.15, 0.2) is 12.1 Å². The van der Waals surface area contributed by atoms with E-state index < -0.39 is 0 Å². The standard InChI is InChI=1S/C13H20N2O2/c1-10-6-7-12(14(10)2)13(17)15-8-4-3-5-11(15)9-16/h6-7,11,16H,3-5,8-9H2,1-2H3. The van der Waals surface area contributed by atoms with Crippen LogP contribution in [-0.2, 0) is 7.05 Å². The number of amides is 1. The second-order valence-electron chi connectivity index (χ2n) is 4.75. The zero-order valence-corrected chi connectivity index (χ0v) is 10.5. The van der Waals surface area contributed by atoms with E-state index in [0.717, 1.165) is 31.5 Å². The van der Waals surface area contributed by atoms with E-state index in [1.807, 2.05) is 35.6 Å². The molecule has 4 heteroatoms. The molecule has 1 N–H and O–H groups in total. The number of aromatic nitrogens is 1. The lowest BCUT2D eigenvalue weighted by atomic mass is 10.0. The van der Waals surface area contributed by atoms with Gasteiger partial charge in [0, 0.05) is 19.3 Å². The first-order valence-electron chi connectivity index (χ1n) is 6.19. The second kappa shape index (κ2) is 4.92. The molecule has 0 spiro atoms. The summed E-state index contributed by atoms with van der Waals surface area (Å²) in [6.07, 6.45) is 3.04. The van der Waals surface area contributed by atoms with E-state index in [2.05, 4.69) is 0 Å². The third-order valence-electron chi connectivity index (χ3n) is 3.69. The number of likely N-dealkylation sites (tertiary alicyclic amines) is 1. The summed E-state index contributed by atoms with van der Waals surface area (Å²) in [4.78, 5) is 14.2. The lowest BCUT2D eigenvalue weighted by Gasteiger charge is -2.34. The maximum absolute atomic E-state index is 12.4. The number of aliphatic hydroxyl groups excluding tert-OH is 1. The molecule has 0 radical (unpaired) electrons. The summed E-state index contributed by atoms with van der Waals surface area (Å²) in [5.41, 5.74) is 1.79. The number of aliphatic hydroxyl groups is 1. The zero-order valence-electron chi connectivity index (χ0n) is 10.5. The summed E-state index contributed by atoms with van der Waals surface area (Å²) < 4.78 is 1.91. The van der Waals surface area contributed by atoms with Crippen molar-refractivity contribution in [2.75, 3.05) is 13.2 Å². The smallest absolute Gasteiger partial charge is 0.270 e. The van der Waals surface area contributed by atoms with Crippen molar-refractivity contribution in [3.05, 3.63) is 23.5 Å². The van der Waals surface area contributed by atoms with E-state index in [1.165, 1.54) is 0 Å². The first-order chi connectivity index (χ1) is 8.15. The molecule has 1 saturated heterocycles. The number of hydrogen-bond donors (Lipinski definition) is 1. The SMILES string of the molecule is Cc1ccc(C(=O)N2CCCCC2CO)n1C. The number of carbonyl (C=O) groups excluding carboxylic acids is 1. The van der Waals surface area contributed by atoms with Crippen molar-refractivity contribution < 1.29 is 9.90 Å². The molecule has 1 aliphatic heterocycles. The van der Waals surface area contributed by atoms with Gasteiger partial charge in [-0.2, -0.15) is 0 Å². The van der Waals surface area contributed by atoms with E-state index in [1.54, 1.807) is 0 Å². The van der Waals surface area contributed by atoms with E-state index >= 15 is 0 Å². The Bertz CT molecular complexity index is 412. The normalized spacial score (nSPS) is 20.6. The molecule has 0 bridgehead atoms. The molecular formula is C13H20N2O2. The maximum atomic E-state index is 12.4. The molecule has 17 heavy (non-hydrogen) atoms. The Labute approximate surface area is 102 Å². The number of carbonyl (C=O) groups is 1. The van der Waals surface area contributed by atoms with Gasteiger partial charge in [-0.25, -0.2) is 0 Å². The summed E-state index contributed by atoms with van der Waals surface area (Å²) in [5.74, 6) is 0.0411. The van der Waals surface area contributed by atoms with Crippen LogP contribution in [-0.4, -0.2) is 39.7 Å². The highest BCUT2D eigenvalue weighted by Gasteiger charge is 2.28. The molecule has 2 rings (SSSR count). The molecule has 4 nitrogen and oxygen atoms in total. The molecule has 1 atom stereocenters. The average Bonchev–Trinajstić information content (AvgIpc) is 2.69. The first kappa shape index (κ1) is 12.2. The van der Waals surface area contributed by atoms with Gasteiger partial charge in [-0.05, 0) is 38.3 Å². The Morgan fingerprint density at radius 3 is 2.82 bits per heavy atom. The summed E-state index contributed by atoms with van der Waals surface area (Å²) in [6, 6.07) is 3.80. The zero-order chi connectivity index (χ0) is 12.4. The van der Waals surface area contributed by atoms with Crippen molar-refractivity contribution in [3.8, 4) is 0 Å². The van der Waals surface area contributed by atoms with Gasteiger partial charge < -0.3 is 14.6 Å². The number of rotatable bonds is 2. The number of hydrogen-bond acceptors (Lipinski definition) is 2. The van der Waals surface area contributed by atoms with Crippen molar-refractivity contribution in [2.45, 2.75) is 32.2 Å². The first-order valence-corrected chi connectivity index (χ1v) is 6.19. The summed E-state index contributed by atoms with van der Waals surface area (Å²) in [6.45, 7) is 2.81. The molecule has 0 aliphatic carbocycles. The second-order valence-corrected chi connectivity index (χ2v) is 4.75. The summed E-state index contributed by atoms with van der Waals surface area (Å²) in [5, 5.41) is 9.33. The van der Waals surface area contributed by atoms with Gasteiger partial charge in [0.1, 0.15) is 5.69 Å². The van der Waals surface area contributed by atoms with Crippen LogP contribution in [0.1, 0.15) is 35.4 Å². The van der Waals surface area contributed by atoms with E-state index in [-0.39, 0.29) is 18.6 Å². The maximum Gasteiger partial charge on any atom is 0.270 e. The van der Waals surface area contributed by atoms with Crippen LogP contribution < -0.4 is 0 Å². The van der Waals surface area contributed by atoms with Crippen LogP contribution in [0.2, 0.25) is 0 Å². The van der Waals surface area contributed by atoms with Crippen molar-refractivity contribution in [1.29, 1.82) is 0 Å². The minimum atomic E-state index is -0.00791. The Balaban J connectivity index is 2.21. The molecule has 1 fully saturated rings. The fourth-order valence-corrected chi connectivity index (χ4v) is 2.43. The van der Waals surface area contributed by atoms with E-state index in [0.29, 0.717) is 5.69 Å². The van der Waals surface area contributed by atoms with E-state index in [9.17, 15) is 9.90 Å². The highest BCUT2D eigenvalue weighted by molar-refractivity contribution is 5.93. The quantitative estimate of drug-likeness (QED) is 0.841. The Hall–Kier alpha value is -1.29. The van der Waals surface area contributed by atoms with Crippen molar-refractivity contribution >= 4 is 5.91 Å². The van der Waals surface area contributed by atoms with Gasteiger partial charge in [0.05, 0.1) is 12.6 Å². The number of nitrogens with zero attached hydrogens (tertiary/aromatic N) is 2. The van der Waals surface area contributed by atoms with E-state index in [4.69, 9.17) is 0 Å². The van der Waals surface area contributed by atoms with Crippen molar-refractivity contribution in [3.63, 3.8) is 0 Å². The van der Waals surface area contributed by atoms with Crippen LogP contribution in [0.25, 0.3) is 0 Å². The molecule has 0 aromatic carbocycles. The highest BCUT2D eigenvalue weighted by atomic mass is 16.3. The molecule has 1 aromatic heterocycles. The predicted molar refractivity (Wildman–Crippen MR) is 65.9 cm³/mol. The lowest BCUT2D eigenvalue weighted by Crippen LogP contribution is -2.46. The lowest BCUT2D eigenvalue weighted by molar-refractivity contribution is 0.0493. The fraction of sp³-hybridized carbons (Fsp3) is 0.615. The third-order valence-corrected chi connectivity index (χ3v) is 3.69. The minimum absolute atomic E-state index is 0.00791. The van der Waals surface area contributed by atoms with Gasteiger partial charge in [0.2, 0.25) is 0 Å². The van der Waals surface area contributed by atoms with Crippen molar-refractivity contribution in [2.24, 2.45) is 7.05 Å². The topological polar surface area (TPSA) is 45.5 Å². The average molecular weight is 236 g/mol. The molecule has 1 aliphatic rings. The Morgan fingerprint density at radius 1 is 1.47 bits per heavy atom. The molecular weight excluding hydrogens is 216 g/mol. The monoisotopic (exact) mass is 236 g/mol. The van der Waals surface area contributed by atoms with Gasteiger partial charge in [-0.3, -0.25) is 4.79 Å². The Kier molecular flexibility index (Phi) is 3.52. The molecule has 2 heterocycles. The largest absolute Gasteiger partial charge is 0.394 e. The van der Waals surface area contributed by atoms with Gasteiger partial charge in [0.25, 0.3) is 5.91 Å². The highest BCUT2D eigenvalue weighted by Crippen LogP contribution is 2.20. The Morgan fingerprint density at radius 2 is 2.24 bits per heavy atom. The minimum Gasteiger partial charge on any atom is -0.394 e. The third kappa shape index (κ3) is 2.22.